The van der Waals surface area contributed by atoms with E-state index >= 15 is 0 Å². The second-order valence-electron chi connectivity index (χ2n) is 3.79. The summed E-state index contributed by atoms with van der Waals surface area (Å²) in [6.45, 7) is -1.71. The van der Waals surface area contributed by atoms with Crippen LogP contribution in [0.1, 0.15) is 5.56 Å². The summed E-state index contributed by atoms with van der Waals surface area (Å²) in [7, 11) is -3.21. The molecule has 0 aliphatic carbocycles. The van der Waals surface area contributed by atoms with Crippen LogP contribution in [0.15, 0.2) is 18.2 Å². The fourth-order valence-corrected chi connectivity index (χ4v) is 2.43. The molecule has 0 aliphatic heterocycles. The molecule has 0 amide bonds. The first-order valence-electron chi connectivity index (χ1n) is 5.36. The number of anilines is 1. The molecule has 6 nitrogen and oxygen atoms in total. The van der Waals surface area contributed by atoms with Crippen molar-refractivity contribution in [2.75, 3.05) is 18.4 Å². The van der Waals surface area contributed by atoms with Gasteiger partial charge in [-0.2, -0.15) is 26.3 Å². The summed E-state index contributed by atoms with van der Waals surface area (Å²) in [6.07, 6.45) is -4.68. The monoisotopic (exact) mass is 343 g/mol. The fraction of sp³-hybridized carbons (Fsp3) is 0.300. The molecule has 0 aliphatic rings. The van der Waals surface area contributed by atoms with Crippen LogP contribution in [0.5, 0.6) is 5.75 Å². The Hall–Kier alpha value is -1.59. The van der Waals surface area contributed by atoms with E-state index in [0.29, 0.717) is 0 Å². The highest BCUT2D eigenvalue weighted by atomic mass is 32.2. The van der Waals surface area contributed by atoms with Gasteiger partial charge in [-0.1, -0.05) is 18.3 Å². The SMILES string of the molecule is COc1cccc(C(N)=S)c1NS(=O)(=O)NCC(F)(F)F. The van der Waals surface area contributed by atoms with E-state index in [1.807, 2.05) is 4.72 Å². The molecule has 0 unspecified atom stereocenters. The number of methoxy groups -OCH3 is 1. The number of nitrogens with one attached hydrogen (secondary N) is 2. The first kappa shape index (κ1) is 17.5. The third-order valence-electron chi connectivity index (χ3n) is 2.21. The van der Waals surface area contributed by atoms with Gasteiger partial charge in [0, 0.05) is 5.56 Å². The van der Waals surface area contributed by atoms with Crippen LogP contribution in [0.25, 0.3) is 0 Å². The maximum Gasteiger partial charge on any atom is 0.402 e. The normalized spacial score (nSPS) is 12.0. The van der Waals surface area contributed by atoms with Crippen LogP contribution in [0.3, 0.4) is 0 Å². The molecule has 1 rings (SSSR count). The molecule has 0 aromatic heterocycles. The number of halogens is 3. The minimum Gasteiger partial charge on any atom is -0.495 e. The van der Waals surface area contributed by atoms with Gasteiger partial charge >= 0.3 is 6.18 Å². The summed E-state index contributed by atoms with van der Waals surface area (Å²) >= 11 is 4.76. The summed E-state index contributed by atoms with van der Waals surface area (Å²) in [5.41, 5.74) is 5.43. The van der Waals surface area contributed by atoms with Gasteiger partial charge in [-0.05, 0) is 12.1 Å². The van der Waals surface area contributed by atoms with Crippen molar-refractivity contribution in [1.29, 1.82) is 0 Å². The number of hydrogen-bond acceptors (Lipinski definition) is 4. The van der Waals surface area contributed by atoms with E-state index in [-0.39, 0.29) is 22.0 Å². The lowest BCUT2D eigenvalue weighted by molar-refractivity contribution is -0.121. The van der Waals surface area contributed by atoms with Crippen molar-refractivity contribution in [2.24, 2.45) is 5.73 Å². The van der Waals surface area contributed by atoms with Crippen molar-refractivity contribution in [2.45, 2.75) is 6.18 Å². The van der Waals surface area contributed by atoms with Crippen molar-refractivity contribution in [3.05, 3.63) is 23.8 Å². The third kappa shape index (κ3) is 5.36. The lowest BCUT2D eigenvalue weighted by Gasteiger charge is -2.16. The van der Waals surface area contributed by atoms with Crippen molar-refractivity contribution in [3.63, 3.8) is 0 Å². The summed E-state index contributed by atoms with van der Waals surface area (Å²) in [5, 5.41) is 0. The smallest absolute Gasteiger partial charge is 0.402 e. The van der Waals surface area contributed by atoms with E-state index in [1.165, 1.54) is 30.0 Å². The molecule has 0 saturated carbocycles. The van der Waals surface area contributed by atoms with Gasteiger partial charge in [0.25, 0.3) is 10.2 Å². The molecule has 0 bridgehead atoms. The highest BCUT2D eigenvalue weighted by Gasteiger charge is 2.30. The number of benzene rings is 1. The molecule has 11 heteroatoms. The maximum absolute atomic E-state index is 12.1. The minimum absolute atomic E-state index is 0.0673. The summed E-state index contributed by atoms with van der Waals surface area (Å²) in [5.74, 6) is 0.0673. The molecular weight excluding hydrogens is 331 g/mol. The number of rotatable bonds is 6. The summed E-state index contributed by atoms with van der Waals surface area (Å²) in [4.78, 5) is -0.137. The molecule has 4 N–H and O–H groups in total. The molecule has 0 atom stereocenters. The largest absolute Gasteiger partial charge is 0.495 e. The predicted octanol–water partition coefficient (Wildman–Crippen LogP) is 1.14. The zero-order chi connectivity index (χ0) is 16.3. The van der Waals surface area contributed by atoms with Crippen LogP contribution in [0.2, 0.25) is 0 Å². The number of thiocarbonyl (C=S) groups is 1. The Morgan fingerprint density at radius 3 is 2.52 bits per heavy atom. The van der Waals surface area contributed by atoms with E-state index in [2.05, 4.69) is 0 Å². The van der Waals surface area contributed by atoms with Gasteiger partial charge in [0.2, 0.25) is 0 Å². The molecular formula is C10H12F3N3O3S2. The van der Waals surface area contributed by atoms with Gasteiger partial charge in [0.15, 0.2) is 0 Å². The van der Waals surface area contributed by atoms with Gasteiger partial charge in [-0.25, -0.2) is 0 Å². The van der Waals surface area contributed by atoms with Crippen LogP contribution in [0.4, 0.5) is 18.9 Å². The van der Waals surface area contributed by atoms with E-state index in [9.17, 15) is 21.6 Å². The fourth-order valence-electron chi connectivity index (χ4n) is 1.36. The van der Waals surface area contributed by atoms with Gasteiger partial charge < -0.3 is 10.5 Å². The van der Waals surface area contributed by atoms with Crippen LogP contribution >= 0.6 is 12.2 Å². The van der Waals surface area contributed by atoms with Crippen LogP contribution in [0, 0.1) is 0 Å². The first-order chi connectivity index (χ1) is 9.56. The van der Waals surface area contributed by atoms with Gasteiger partial charge in [-0.3, -0.25) is 4.72 Å². The minimum atomic E-state index is -4.68. The van der Waals surface area contributed by atoms with Crippen LogP contribution in [-0.2, 0) is 10.2 Å². The number of alkyl halides is 3. The van der Waals surface area contributed by atoms with Gasteiger partial charge in [-0.15, -0.1) is 0 Å². The van der Waals surface area contributed by atoms with Crippen molar-refractivity contribution in [3.8, 4) is 5.75 Å². The van der Waals surface area contributed by atoms with Crippen molar-refractivity contribution < 1.29 is 26.3 Å². The summed E-state index contributed by atoms with van der Waals surface area (Å²) < 4.78 is 67.7. The Labute approximate surface area is 124 Å². The quantitative estimate of drug-likeness (QED) is 0.674. The number of para-hydroxylation sites is 1. The Morgan fingerprint density at radius 1 is 1.43 bits per heavy atom. The highest BCUT2D eigenvalue weighted by Crippen LogP contribution is 2.29. The first-order valence-corrected chi connectivity index (χ1v) is 7.26. The average molecular weight is 343 g/mol. The van der Waals surface area contributed by atoms with E-state index in [4.69, 9.17) is 22.7 Å². The Kier molecular flexibility index (Phi) is 5.36. The zero-order valence-electron chi connectivity index (χ0n) is 10.7. The number of hydrogen-bond donors (Lipinski definition) is 3. The maximum atomic E-state index is 12.1. The van der Waals surface area contributed by atoms with Crippen LogP contribution < -0.4 is 19.9 Å². The molecule has 0 saturated heterocycles. The number of nitrogens with two attached hydrogens (primary N) is 1. The molecule has 0 heterocycles. The molecule has 1 aromatic carbocycles. The van der Waals surface area contributed by atoms with Crippen LogP contribution in [-0.4, -0.2) is 33.2 Å². The second-order valence-corrected chi connectivity index (χ2v) is 5.73. The lowest BCUT2D eigenvalue weighted by atomic mass is 10.1. The van der Waals surface area contributed by atoms with Crippen molar-refractivity contribution >= 4 is 33.1 Å². The third-order valence-corrected chi connectivity index (χ3v) is 3.43. The molecule has 0 fully saturated rings. The molecule has 0 radical (unpaired) electrons. The van der Waals surface area contributed by atoms with E-state index < -0.39 is 22.9 Å². The van der Waals surface area contributed by atoms with Crippen molar-refractivity contribution in [1.82, 2.24) is 4.72 Å². The predicted molar refractivity (Wildman–Crippen MR) is 75.5 cm³/mol. The van der Waals surface area contributed by atoms with E-state index in [1.54, 1.807) is 0 Å². The zero-order valence-corrected chi connectivity index (χ0v) is 12.3. The standard InChI is InChI=1S/C10H12F3N3O3S2/c1-19-7-4-2-3-6(9(14)20)8(7)16-21(17,18)15-5-10(11,12)13/h2-4,15-16H,5H2,1H3,(H2,14,20). The lowest BCUT2D eigenvalue weighted by Crippen LogP contribution is -2.37. The Balaban J connectivity index is 3.09. The molecule has 21 heavy (non-hydrogen) atoms. The number of ether oxygens (including phenoxy) is 1. The summed E-state index contributed by atoms with van der Waals surface area (Å²) in [6, 6.07) is 4.32. The second kappa shape index (κ2) is 6.45. The molecule has 0 spiro atoms. The highest BCUT2D eigenvalue weighted by molar-refractivity contribution is 7.90. The Bertz CT molecular complexity index is 632. The average Bonchev–Trinajstić information content (AvgIpc) is 2.35. The van der Waals surface area contributed by atoms with E-state index in [0.717, 1.165) is 0 Å². The molecule has 118 valence electrons. The Morgan fingerprint density at radius 2 is 2.05 bits per heavy atom. The van der Waals surface area contributed by atoms with Gasteiger partial charge in [0.1, 0.15) is 23.0 Å². The van der Waals surface area contributed by atoms with Gasteiger partial charge in [0.05, 0.1) is 7.11 Å². The molecule has 1 aromatic rings. The topological polar surface area (TPSA) is 93.4 Å².